The molecule has 0 aromatic rings. The maximum absolute atomic E-state index is 12.3. The number of unbranched alkanes of at least 4 members (excludes halogenated alkanes) is 4. The minimum atomic E-state index is -4.44. The third kappa shape index (κ3) is 11.4. The molecule has 6 N–H and O–H groups in total. The van der Waals surface area contributed by atoms with Gasteiger partial charge in [-0.25, -0.2) is 20.1 Å². The molecule has 0 amide bonds. The highest BCUT2D eigenvalue weighted by molar-refractivity contribution is 7.50. The van der Waals surface area contributed by atoms with Crippen molar-refractivity contribution in [2.75, 3.05) is 6.61 Å². The third-order valence-corrected chi connectivity index (χ3v) is 5.91. The van der Waals surface area contributed by atoms with Crippen molar-refractivity contribution in [3.8, 4) is 0 Å². The van der Waals surface area contributed by atoms with E-state index in [4.69, 9.17) is 20.8 Å². The Morgan fingerprint density at radius 2 is 1.39 bits per heavy atom. The predicted molar refractivity (Wildman–Crippen MR) is 105 cm³/mol. The summed E-state index contributed by atoms with van der Waals surface area (Å²) in [6.07, 6.45) is 4.22. The fraction of sp³-hybridized carbons (Fsp3) is 0.875. The Morgan fingerprint density at radius 1 is 0.893 bits per heavy atom. The summed E-state index contributed by atoms with van der Waals surface area (Å²) in [5, 5.41) is 0. The van der Waals surface area contributed by atoms with Crippen molar-refractivity contribution in [1.82, 2.24) is 0 Å². The molecule has 0 heterocycles. The average molecular weight is 444 g/mol. The Balaban J connectivity index is 4.27. The van der Waals surface area contributed by atoms with Gasteiger partial charge in [0.15, 0.2) is 0 Å². The van der Waals surface area contributed by atoms with Gasteiger partial charge in [0.2, 0.25) is 0 Å². The minimum Gasteiger partial charge on any atom is -0.380 e. The first-order chi connectivity index (χ1) is 12.5. The first kappa shape index (κ1) is 27.4. The lowest BCUT2D eigenvalue weighted by Gasteiger charge is -2.39. The Morgan fingerprint density at radius 3 is 1.89 bits per heavy atom. The fourth-order valence-electron chi connectivity index (χ4n) is 2.46. The zero-order chi connectivity index (χ0) is 22.2. The number of nitrogens with two attached hydrogens (primary N) is 2. The van der Waals surface area contributed by atoms with E-state index in [9.17, 15) is 18.7 Å². The van der Waals surface area contributed by atoms with E-state index in [1.54, 1.807) is 27.7 Å². The van der Waals surface area contributed by atoms with Gasteiger partial charge in [-0.2, -0.15) is 0 Å². The van der Waals surface area contributed by atoms with Crippen molar-refractivity contribution in [2.24, 2.45) is 21.8 Å². The van der Waals surface area contributed by atoms with Crippen LogP contribution < -0.4 is 11.0 Å². The van der Waals surface area contributed by atoms with Gasteiger partial charge in [-0.15, -0.1) is 0 Å². The smallest absolute Gasteiger partial charge is 0.380 e. The van der Waals surface area contributed by atoms with Gasteiger partial charge >= 0.3 is 21.5 Å². The van der Waals surface area contributed by atoms with E-state index < -0.39 is 32.3 Å². The predicted octanol–water partition coefficient (Wildman–Crippen LogP) is 3.02. The molecule has 0 radical (unpaired) electrons. The number of carbonyl (C=O) groups is 2. The van der Waals surface area contributed by atoms with Crippen LogP contribution >= 0.6 is 15.5 Å². The Kier molecular flexibility index (Phi) is 10.7. The highest BCUT2D eigenvalue weighted by Crippen LogP contribution is 2.46. The SMILES string of the molecule is CC(C)(CC(=O)CCCCCCCOP(N)(=O)O)C(C)(C)C(=O)OP(N)(=O)O. The molecule has 0 bridgehead atoms. The lowest BCUT2D eigenvalue weighted by molar-refractivity contribution is -0.152. The molecule has 2 atom stereocenters. The number of carbonyl (C=O) groups excluding carboxylic acids is 2. The number of hydrogen-bond donors (Lipinski definition) is 4. The van der Waals surface area contributed by atoms with Crippen molar-refractivity contribution in [2.45, 2.75) is 72.6 Å². The molecule has 0 aliphatic heterocycles. The van der Waals surface area contributed by atoms with Crippen molar-refractivity contribution < 1.29 is 37.6 Å². The zero-order valence-electron chi connectivity index (χ0n) is 17.0. The summed E-state index contributed by atoms with van der Waals surface area (Å²) in [6, 6.07) is 0. The van der Waals surface area contributed by atoms with Crippen LogP contribution in [-0.2, 0) is 27.8 Å². The van der Waals surface area contributed by atoms with Crippen LogP contribution in [0.1, 0.15) is 72.6 Å². The molecular formula is C16H34N2O8P2. The lowest BCUT2D eigenvalue weighted by Crippen LogP contribution is -2.42. The molecule has 0 aromatic carbocycles. The van der Waals surface area contributed by atoms with E-state index in [2.05, 4.69) is 9.05 Å². The van der Waals surface area contributed by atoms with Gasteiger partial charge in [0, 0.05) is 12.8 Å². The molecule has 0 rings (SSSR count). The van der Waals surface area contributed by atoms with Crippen molar-refractivity contribution in [1.29, 1.82) is 0 Å². The minimum absolute atomic E-state index is 0.0153. The number of ketones is 1. The van der Waals surface area contributed by atoms with E-state index in [0.29, 0.717) is 19.3 Å². The van der Waals surface area contributed by atoms with E-state index in [-0.39, 0.29) is 18.8 Å². The van der Waals surface area contributed by atoms with Crippen molar-refractivity contribution >= 4 is 27.2 Å². The van der Waals surface area contributed by atoms with Crippen LogP contribution in [0.25, 0.3) is 0 Å². The molecule has 0 spiro atoms. The van der Waals surface area contributed by atoms with Crippen molar-refractivity contribution in [3.63, 3.8) is 0 Å². The van der Waals surface area contributed by atoms with Gasteiger partial charge in [0.05, 0.1) is 12.0 Å². The monoisotopic (exact) mass is 444 g/mol. The molecule has 10 nitrogen and oxygen atoms in total. The molecular weight excluding hydrogens is 410 g/mol. The van der Waals surface area contributed by atoms with Gasteiger partial charge in [-0.1, -0.05) is 33.1 Å². The van der Waals surface area contributed by atoms with Crippen LogP contribution in [0.15, 0.2) is 0 Å². The summed E-state index contributed by atoms with van der Waals surface area (Å²) in [4.78, 5) is 42.3. The summed E-state index contributed by atoms with van der Waals surface area (Å²) >= 11 is 0. The molecule has 0 fully saturated rings. The van der Waals surface area contributed by atoms with E-state index in [1.165, 1.54) is 0 Å². The Labute approximate surface area is 166 Å². The molecule has 0 saturated heterocycles. The summed E-state index contributed by atoms with van der Waals surface area (Å²) in [5.74, 6) is -0.941. The van der Waals surface area contributed by atoms with Gasteiger partial charge < -0.3 is 14.3 Å². The standard InChI is InChI=1S/C16H34N2O8P2/c1-15(2,16(3,4)14(20)26-28(18,23)24)12-13(19)10-8-6-5-7-9-11-25-27(17,21)22/h5-12H2,1-4H3,(H3,17,21,22)(H3,18,23,24). The molecule has 166 valence electrons. The molecule has 12 heteroatoms. The first-order valence-electron chi connectivity index (χ1n) is 9.11. The van der Waals surface area contributed by atoms with Crippen LogP contribution in [0.2, 0.25) is 0 Å². The summed E-state index contributed by atoms with van der Waals surface area (Å²) < 4.78 is 30.8. The molecule has 0 aliphatic rings. The van der Waals surface area contributed by atoms with Gasteiger partial charge in [0.1, 0.15) is 5.78 Å². The second kappa shape index (κ2) is 11.0. The second-order valence-corrected chi connectivity index (χ2v) is 10.8. The molecule has 0 aromatic heterocycles. The topological polar surface area (TPSA) is 179 Å². The Hall–Kier alpha value is -0.600. The number of hydrogen-bond acceptors (Lipinski definition) is 6. The van der Waals surface area contributed by atoms with Crippen LogP contribution in [0, 0.1) is 10.8 Å². The van der Waals surface area contributed by atoms with E-state index in [1.807, 2.05) is 0 Å². The van der Waals surface area contributed by atoms with E-state index in [0.717, 1.165) is 19.3 Å². The maximum Gasteiger partial charge on any atom is 0.455 e. The van der Waals surface area contributed by atoms with Crippen LogP contribution in [0.4, 0.5) is 0 Å². The second-order valence-electron chi connectivity index (χ2n) is 8.08. The van der Waals surface area contributed by atoms with Gasteiger partial charge in [-0.05, 0) is 32.1 Å². The third-order valence-electron chi connectivity index (χ3n) is 4.93. The molecule has 0 saturated carbocycles. The molecule has 2 unspecified atom stereocenters. The highest BCUT2D eigenvalue weighted by atomic mass is 31.2. The number of Topliss-reactive ketones (excluding diaryl/α,β-unsaturated/α-hetero) is 1. The zero-order valence-corrected chi connectivity index (χ0v) is 18.8. The largest absolute Gasteiger partial charge is 0.455 e. The molecule has 28 heavy (non-hydrogen) atoms. The van der Waals surface area contributed by atoms with E-state index >= 15 is 0 Å². The summed E-state index contributed by atoms with van der Waals surface area (Å²) in [5.41, 5.74) is 7.75. The van der Waals surface area contributed by atoms with Crippen LogP contribution in [0.3, 0.4) is 0 Å². The summed E-state index contributed by atoms with van der Waals surface area (Å²) in [6.45, 7) is 6.66. The quantitative estimate of drug-likeness (QED) is 0.230. The highest BCUT2D eigenvalue weighted by Gasteiger charge is 2.46. The Bertz CT molecular complexity index is 624. The van der Waals surface area contributed by atoms with Crippen molar-refractivity contribution in [3.05, 3.63) is 0 Å². The average Bonchev–Trinajstić information content (AvgIpc) is 2.46. The normalized spacial score (nSPS) is 16.9. The number of rotatable bonds is 14. The van der Waals surface area contributed by atoms with Crippen LogP contribution in [-0.4, -0.2) is 28.1 Å². The van der Waals surface area contributed by atoms with Crippen LogP contribution in [0.5, 0.6) is 0 Å². The first-order valence-corrected chi connectivity index (χ1v) is 12.4. The molecule has 0 aliphatic carbocycles. The lowest BCUT2D eigenvalue weighted by atomic mass is 9.65. The van der Waals surface area contributed by atoms with Gasteiger partial charge in [0.25, 0.3) is 0 Å². The maximum atomic E-state index is 12.3. The fourth-order valence-corrected chi connectivity index (χ4v) is 3.32. The summed E-state index contributed by atoms with van der Waals surface area (Å²) in [7, 11) is -8.35. The van der Waals surface area contributed by atoms with Gasteiger partial charge in [-0.3, -0.25) is 14.1 Å².